The molecule has 0 spiro atoms. The lowest BCUT2D eigenvalue weighted by Crippen LogP contribution is -2.69. The highest BCUT2D eigenvalue weighted by Crippen LogP contribution is 2.34. The number of thiophene rings is 1. The summed E-state index contributed by atoms with van der Waals surface area (Å²) < 4.78 is 5.69. The number of morpholine rings is 1. The third-order valence-electron chi connectivity index (χ3n) is 5.15. The van der Waals surface area contributed by atoms with Crippen molar-refractivity contribution in [3.05, 3.63) is 16.8 Å². The second-order valence-corrected chi connectivity index (χ2v) is 7.84. The van der Waals surface area contributed by atoms with Crippen molar-refractivity contribution in [2.45, 2.75) is 25.8 Å². The molecule has 0 saturated carbocycles. The molecule has 0 aromatic carbocycles. The Bertz CT molecular complexity index is 750. The molecular formula is C17H24N4O2S. The van der Waals surface area contributed by atoms with Crippen LogP contribution in [0.15, 0.2) is 6.07 Å². The van der Waals surface area contributed by atoms with Gasteiger partial charge in [-0.3, -0.25) is 4.90 Å². The van der Waals surface area contributed by atoms with Crippen LogP contribution in [0.3, 0.4) is 0 Å². The van der Waals surface area contributed by atoms with Crippen LogP contribution < -0.4 is 4.90 Å². The number of fused-ring (bicyclic) bond motifs is 2. The van der Waals surface area contributed by atoms with Gasteiger partial charge < -0.3 is 14.7 Å². The van der Waals surface area contributed by atoms with Crippen LogP contribution in [0.25, 0.3) is 10.2 Å². The summed E-state index contributed by atoms with van der Waals surface area (Å²) in [5.74, 6) is 1.81. The van der Waals surface area contributed by atoms with Gasteiger partial charge in [0.2, 0.25) is 0 Å². The number of aryl methyl sites for hydroxylation is 2. The van der Waals surface area contributed by atoms with Gasteiger partial charge >= 0.3 is 0 Å². The van der Waals surface area contributed by atoms with E-state index in [1.165, 1.54) is 4.88 Å². The molecule has 2 aromatic heterocycles. The van der Waals surface area contributed by atoms with Crippen molar-refractivity contribution in [2.75, 3.05) is 50.9 Å². The number of piperazine rings is 1. The fourth-order valence-electron chi connectivity index (χ4n) is 3.79. The van der Waals surface area contributed by atoms with Gasteiger partial charge in [0.25, 0.3) is 0 Å². The van der Waals surface area contributed by atoms with E-state index in [1.54, 1.807) is 11.3 Å². The lowest BCUT2D eigenvalue weighted by molar-refractivity contribution is -0.0951. The van der Waals surface area contributed by atoms with Crippen LogP contribution in [-0.4, -0.2) is 71.5 Å². The van der Waals surface area contributed by atoms with Gasteiger partial charge in [-0.05, 0) is 19.4 Å². The quantitative estimate of drug-likeness (QED) is 0.906. The summed E-state index contributed by atoms with van der Waals surface area (Å²) in [6.07, 6.45) is 1.02. The van der Waals surface area contributed by atoms with E-state index in [1.807, 2.05) is 6.92 Å². The zero-order chi connectivity index (χ0) is 16.7. The Morgan fingerprint density at radius 1 is 1.33 bits per heavy atom. The van der Waals surface area contributed by atoms with Crippen LogP contribution in [0.2, 0.25) is 0 Å². The number of hydrogen-bond acceptors (Lipinski definition) is 7. The van der Waals surface area contributed by atoms with Gasteiger partial charge in [0, 0.05) is 31.1 Å². The number of ether oxygens (including phenoxy) is 1. The SMILES string of the molecule is CCc1cc2c(N3CCN4CCOCC4(CO)C3)nc(C)nc2s1. The van der Waals surface area contributed by atoms with E-state index in [0.29, 0.717) is 6.61 Å². The first-order valence-corrected chi connectivity index (χ1v) is 9.42. The summed E-state index contributed by atoms with van der Waals surface area (Å²) in [5.41, 5.74) is -0.314. The molecule has 7 heteroatoms. The topological polar surface area (TPSA) is 61.7 Å². The highest BCUT2D eigenvalue weighted by atomic mass is 32.1. The van der Waals surface area contributed by atoms with Crippen molar-refractivity contribution in [2.24, 2.45) is 0 Å². The summed E-state index contributed by atoms with van der Waals surface area (Å²) in [6, 6.07) is 2.23. The third-order valence-corrected chi connectivity index (χ3v) is 6.32. The van der Waals surface area contributed by atoms with Crippen molar-refractivity contribution in [1.82, 2.24) is 14.9 Å². The van der Waals surface area contributed by atoms with Crippen LogP contribution >= 0.6 is 11.3 Å². The Labute approximate surface area is 146 Å². The van der Waals surface area contributed by atoms with Gasteiger partial charge in [0.1, 0.15) is 16.5 Å². The molecule has 2 aromatic rings. The van der Waals surface area contributed by atoms with E-state index in [9.17, 15) is 5.11 Å². The van der Waals surface area contributed by atoms with E-state index in [-0.39, 0.29) is 12.1 Å². The number of hydrogen-bond donors (Lipinski definition) is 1. The Balaban J connectivity index is 1.73. The summed E-state index contributed by atoms with van der Waals surface area (Å²) in [4.78, 5) is 16.5. The van der Waals surface area contributed by atoms with E-state index in [4.69, 9.17) is 9.72 Å². The predicted molar refractivity (Wildman–Crippen MR) is 96.0 cm³/mol. The van der Waals surface area contributed by atoms with Crippen LogP contribution in [0, 0.1) is 6.92 Å². The Morgan fingerprint density at radius 3 is 3.00 bits per heavy atom. The number of aromatic nitrogens is 2. The third kappa shape index (κ3) is 2.60. The molecule has 0 amide bonds. The number of anilines is 1. The number of nitrogens with zero attached hydrogens (tertiary/aromatic N) is 4. The smallest absolute Gasteiger partial charge is 0.141 e. The molecule has 0 radical (unpaired) electrons. The van der Waals surface area contributed by atoms with Crippen LogP contribution in [0.5, 0.6) is 0 Å². The zero-order valence-corrected chi connectivity index (χ0v) is 15.1. The monoisotopic (exact) mass is 348 g/mol. The zero-order valence-electron chi connectivity index (χ0n) is 14.3. The van der Waals surface area contributed by atoms with Crippen LogP contribution in [0.1, 0.15) is 17.6 Å². The highest BCUT2D eigenvalue weighted by Gasteiger charge is 2.44. The summed E-state index contributed by atoms with van der Waals surface area (Å²) in [5, 5.41) is 11.2. The minimum Gasteiger partial charge on any atom is -0.394 e. The van der Waals surface area contributed by atoms with E-state index in [0.717, 1.165) is 61.1 Å². The van der Waals surface area contributed by atoms with Gasteiger partial charge in [-0.25, -0.2) is 9.97 Å². The minimum atomic E-state index is -0.314. The molecule has 6 nitrogen and oxygen atoms in total. The highest BCUT2D eigenvalue weighted by molar-refractivity contribution is 7.18. The summed E-state index contributed by atoms with van der Waals surface area (Å²) in [6.45, 7) is 9.06. The molecule has 24 heavy (non-hydrogen) atoms. The molecule has 2 saturated heterocycles. The first-order valence-electron chi connectivity index (χ1n) is 8.61. The molecule has 0 aliphatic carbocycles. The van der Waals surface area contributed by atoms with Gasteiger partial charge in [-0.15, -0.1) is 11.3 Å². The lowest BCUT2D eigenvalue weighted by atomic mass is 9.94. The van der Waals surface area contributed by atoms with Gasteiger partial charge in [0.15, 0.2) is 0 Å². The second-order valence-electron chi connectivity index (χ2n) is 6.72. The number of rotatable bonds is 3. The molecule has 2 fully saturated rings. The average molecular weight is 348 g/mol. The fourth-order valence-corrected chi connectivity index (χ4v) is 4.79. The first-order chi connectivity index (χ1) is 11.6. The van der Waals surface area contributed by atoms with Gasteiger partial charge in [-0.1, -0.05) is 6.92 Å². The van der Waals surface area contributed by atoms with Crippen molar-refractivity contribution in [3.63, 3.8) is 0 Å². The molecule has 2 aliphatic rings. The van der Waals surface area contributed by atoms with Crippen molar-refractivity contribution in [3.8, 4) is 0 Å². The molecule has 0 bridgehead atoms. The van der Waals surface area contributed by atoms with Crippen LogP contribution in [0.4, 0.5) is 5.82 Å². The summed E-state index contributed by atoms with van der Waals surface area (Å²) >= 11 is 1.75. The van der Waals surface area contributed by atoms with Gasteiger partial charge in [-0.2, -0.15) is 0 Å². The number of aliphatic hydroxyl groups is 1. The predicted octanol–water partition coefficient (Wildman–Crippen LogP) is 1.45. The molecule has 4 heterocycles. The second kappa shape index (κ2) is 6.22. The molecule has 1 atom stereocenters. The van der Waals surface area contributed by atoms with E-state index < -0.39 is 0 Å². The van der Waals surface area contributed by atoms with Crippen molar-refractivity contribution >= 4 is 27.4 Å². The van der Waals surface area contributed by atoms with E-state index >= 15 is 0 Å². The molecule has 130 valence electrons. The maximum atomic E-state index is 10.1. The van der Waals surface area contributed by atoms with Crippen molar-refractivity contribution < 1.29 is 9.84 Å². The maximum Gasteiger partial charge on any atom is 0.141 e. The molecular weight excluding hydrogens is 324 g/mol. The molecule has 4 rings (SSSR count). The van der Waals surface area contributed by atoms with Gasteiger partial charge in [0.05, 0.1) is 30.7 Å². The average Bonchev–Trinajstić information content (AvgIpc) is 3.03. The lowest BCUT2D eigenvalue weighted by Gasteiger charge is -2.52. The molecule has 2 aliphatic heterocycles. The molecule has 1 N–H and O–H groups in total. The minimum absolute atomic E-state index is 0.112. The Hall–Kier alpha value is -1.28. The maximum absolute atomic E-state index is 10.1. The normalized spacial score (nSPS) is 25.2. The fraction of sp³-hybridized carbons (Fsp3) is 0.647. The largest absolute Gasteiger partial charge is 0.394 e. The Kier molecular flexibility index (Phi) is 4.20. The first kappa shape index (κ1) is 16.2. The summed E-state index contributed by atoms with van der Waals surface area (Å²) in [7, 11) is 0. The standard InChI is InChI=1S/C17H24N4O2S/c1-3-13-8-14-15(18-12(2)19-16(14)24-13)20-4-5-21-6-7-23-11-17(21,9-20)10-22/h8,22H,3-7,9-11H2,1-2H3. The van der Waals surface area contributed by atoms with Crippen molar-refractivity contribution in [1.29, 1.82) is 0 Å². The molecule has 1 unspecified atom stereocenters. The number of aliphatic hydroxyl groups excluding tert-OH is 1. The Morgan fingerprint density at radius 2 is 2.21 bits per heavy atom. The van der Waals surface area contributed by atoms with Crippen LogP contribution in [-0.2, 0) is 11.2 Å². The van der Waals surface area contributed by atoms with E-state index in [2.05, 4.69) is 27.8 Å².